The van der Waals surface area contributed by atoms with Gasteiger partial charge in [0.15, 0.2) is 0 Å². The van der Waals surface area contributed by atoms with Crippen LogP contribution in [0.15, 0.2) is 23.8 Å². The minimum absolute atomic E-state index is 0.135. The average molecular weight is 196 g/mol. The Kier molecular flexibility index (Phi) is 4.40. The summed E-state index contributed by atoms with van der Waals surface area (Å²) in [5.74, 6) is -0.254. The van der Waals surface area contributed by atoms with Gasteiger partial charge in [-0.2, -0.15) is 0 Å². The molecule has 1 atom stereocenters. The van der Waals surface area contributed by atoms with E-state index < -0.39 is 0 Å². The van der Waals surface area contributed by atoms with E-state index in [0.717, 1.165) is 6.42 Å². The Morgan fingerprint density at radius 2 is 2.57 bits per heavy atom. The van der Waals surface area contributed by atoms with Crippen LogP contribution in [0.4, 0.5) is 0 Å². The first-order chi connectivity index (χ1) is 6.68. The number of carbonyl (C=O) groups is 1. The number of ether oxygens (including phenoxy) is 2. The molecule has 0 radical (unpaired) electrons. The third-order valence-corrected chi connectivity index (χ3v) is 2.00. The van der Waals surface area contributed by atoms with Crippen molar-refractivity contribution in [2.45, 2.75) is 26.4 Å². The molecule has 0 aliphatic carbocycles. The molecule has 1 unspecified atom stereocenters. The van der Waals surface area contributed by atoms with Gasteiger partial charge < -0.3 is 9.47 Å². The van der Waals surface area contributed by atoms with Gasteiger partial charge in [-0.3, -0.25) is 4.79 Å². The second-order valence-corrected chi connectivity index (χ2v) is 3.36. The smallest absolute Gasteiger partial charge is 0.302 e. The van der Waals surface area contributed by atoms with Crippen LogP contribution >= 0.6 is 0 Å². The fraction of sp³-hybridized carbons (Fsp3) is 0.545. The average Bonchev–Trinajstić information content (AvgIpc) is 2.12. The maximum Gasteiger partial charge on any atom is 0.302 e. The van der Waals surface area contributed by atoms with Gasteiger partial charge in [-0.15, -0.1) is 0 Å². The predicted molar refractivity (Wildman–Crippen MR) is 53.9 cm³/mol. The Bertz CT molecular complexity index is 253. The summed E-state index contributed by atoms with van der Waals surface area (Å²) < 4.78 is 10.2. The van der Waals surface area contributed by atoms with Gasteiger partial charge in [-0.25, -0.2) is 0 Å². The molecule has 78 valence electrons. The molecule has 0 aromatic rings. The summed E-state index contributed by atoms with van der Waals surface area (Å²) in [6, 6.07) is 0. The SMILES string of the molecule is CC(=O)OCC=CC1CC(C)=CCO1. The first-order valence-corrected chi connectivity index (χ1v) is 4.75. The van der Waals surface area contributed by atoms with Crippen molar-refractivity contribution in [1.29, 1.82) is 0 Å². The van der Waals surface area contributed by atoms with E-state index in [1.165, 1.54) is 12.5 Å². The third-order valence-electron chi connectivity index (χ3n) is 2.00. The molecule has 1 aliphatic rings. The van der Waals surface area contributed by atoms with Crippen LogP contribution in [0.1, 0.15) is 20.3 Å². The van der Waals surface area contributed by atoms with Crippen LogP contribution in [0.25, 0.3) is 0 Å². The Labute approximate surface area is 84.4 Å². The molecule has 1 aliphatic heterocycles. The Morgan fingerprint density at radius 3 is 3.21 bits per heavy atom. The maximum atomic E-state index is 10.5. The summed E-state index contributed by atoms with van der Waals surface area (Å²) >= 11 is 0. The zero-order chi connectivity index (χ0) is 10.4. The van der Waals surface area contributed by atoms with Gasteiger partial charge in [0, 0.05) is 6.92 Å². The number of carbonyl (C=O) groups excluding carboxylic acids is 1. The standard InChI is InChI=1S/C11H16O3/c1-9-5-7-14-11(8-9)4-3-6-13-10(2)12/h3-5,11H,6-8H2,1-2H3. The molecular formula is C11H16O3. The van der Waals surface area contributed by atoms with Crippen molar-refractivity contribution in [3.05, 3.63) is 23.8 Å². The van der Waals surface area contributed by atoms with E-state index in [-0.39, 0.29) is 12.1 Å². The molecule has 0 bridgehead atoms. The van der Waals surface area contributed by atoms with Crippen molar-refractivity contribution in [2.24, 2.45) is 0 Å². The second-order valence-electron chi connectivity index (χ2n) is 3.36. The van der Waals surface area contributed by atoms with E-state index in [2.05, 4.69) is 13.0 Å². The van der Waals surface area contributed by atoms with E-state index >= 15 is 0 Å². The van der Waals surface area contributed by atoms with Gasteiger partial charge in [-0.05, 0) is 19.4 Å². The summed E-state index contributed by atoms with van der Waals surface area (Å²) in [6.07, 6.45) is 6.91. The van der Waals surface area contributed by atoms with Gasteiger partial charge in [0.25, 0.3) is 0 Å². The fourth-order valence-electron chi connectivity index (χ4n) is 1.27. The van der Waals surface area contributed by atoms with E-state index in [1.807, 2.05) is 12.2 Å². The Morgan fingerprint density at radius 1 is 1.79 bits per heavy atom. The molecule has 0 amide bonds. The molecule has 0 aromatic heterocycles. The lowest BCUT2D eigenvalue weighted by molar-refractivity contribution is -0.139. The van der Waals surface area contributed by atoms with Crippen LogP contribution in [-0.4, -0.2) is 25.3 Å². The molecule has 0 aromatic carbocycles. The summed E-state index contributed by atoms with van der Waals surface area (Å²) in [5.41, 5.74) is 1.35. The molecule has 0 saturated heterocycles. The van der Waals surface area contributed by atoms with Gasteiger partial charge in [-0.1, -0.05) is 17.7 Å². The molecule has 14 heavy (non-hydrogen) atoms. The lowest BCUT2D eigenvalue weighted by atomic mass is 10.1. The quantitative estimate of drug-likeness (QED) is 0.510. The van der Waals surface area contributed by atoms with E-state index in [1.54, 1.807) is 0 Å². The van der Waals surface area contributed by atoms with Crippen molar-refractivity contribution in [2.75, 3.05) is 13.2 Å². The van der Waals surface area contributed by atoms with Crippen molar-refractivity contribution >= 4 is 5.97 Å². The maximum absolute atomic E-state index is 10.5. The number of rotatable bonds is 3. The normalized spacial score (nSPS) is 22.1. The van der Waals surface area contributed by atoms with Crippen LogP contribution < -0.4 is 0 Å². The molecule has 0 saturated carbocycles. The Balaban J connectivity index is 2.23. The lowest BCUT2D eigenvalue weighted by Gasteiger charge is -2.18. The highest BCUT2D eigenvalue weighted by Crippen LogP contribution is 2.14. The third kappa shape index (κ3) is 4.23. The minimum Gasteiger partial charge on any atom is -0.462 e. The summed E-state index contributed by atoms with van der Waals surface area (Å²) in [6.45, 7) is 4.50. The van der Waals surface area contributed by atoms with E-state index in [9.17, 15) is 4.79 Å². The lowest BCUT2D eigenvalue weighted by Crippen LogP contribution is -2.15. The monoisotopic (exact) mass is 196 g/mol. The predicted octanol–water partition coefficient (Wildman–Crippen LogP) is 1.84. The molecule has 0 spiro atoms. The number of esters is 1. The second kappa shape index (κ2) is 5.60. The van der Waals surface area contributed by atoms with Gasteiger partial charge in [0.1, 0.15) is 6.61 Å². The van der Waals surface area contributed by atoms with Gasteiger partial charge in [0.05, 0.1) is 12.7 Å². The topological polar surface area (TPSA) is 35.5 Å². The van der Waals surface area contributed by atoms with Crippen LogP contribution in [0.5, 0.6) is 0 Å². The van der Waals surface area contributed by atoms with Crippen molar-refractivity contribution in [3.63, 3.8) is 0 Å². The Hall–Kier alpha value is -1.09. The highest BCUT2D eigenvalue weighted by Gasteiger charge is 2.09. The highest BCUT2D eigenvalue weighted by atomic mass is 16.5. The van der Waals surface area contributed by atoms with Crippen molar-refractivity contribution < 1.29 is 14.3 Å². The molecule has 3 nitrogen and oxygen atoms in total. The van der Waals surface area contributed by atoms with Gasteiger partial charge in [0.2, 0.25) is 0 Å². The molecular weight excluding hydrogens is 180 g/mol. The first kappa shape index (κ1) is 11.0. The molecule has 3 heteroatoms. The number of hydrogen-bond donors (Lipinski definition) is 0. The first-order valence-electron chi connectivity index (χ1n) is 4.75. The zero-order valence-electron chi connectivity index (χ0n) is 8.66. The van der Waals surface area contributed by atoms with Crippen molar-refractivity contribution in [3.8, 4) is 0 Å². The molecule has 0 fully saturated rings. The highest BCUT2D eigenvalue weighted by molar-refractivity contribution is 5.65. The van der Waals surface area contributed by atoms with Crippen LogP contribution in [0.3, 0.4) is 0 Å². The summed E-state index contributed by atoms with van der Waals surface area (Å²) in [4.78, 5) is 10.5. The van der Waals surface area contributed by atoms with E-state index in [4.69, 9.17) is 9.47 Å². The fourth-order valence-corrected chi connectivity index (χ4v) is 1.27. The molecule has 1 rings (SSSR count). The van der Waals surface area contributed by atoms with Crippen LogP contribution in [0.2, 0.25) is 0 Å². The zero-order valence-corrected chi connectivity index (χ0v) is 8.66. The van der Waals surface area contributed by atoms with E-state index in [0.29, 0.717) is 13.2 Å². The molecule has 0 N–H and O–H groups in total. The van der Waals surface area contributed by atoms with Crippen LogP contribution in [0, 0.1) is 0 Å². The van der Waals surface area contributed by atoms with Gasteiger partial charge >= 0.3 is 5.97 Å². The molecule has 1 heterocycles. The summed E-state index contributed by atoms with van der Waals surface area (Å²) in [5, 5.41) is 0. The summed E-state index contributed by atoms with van der Waals surface area (Å²) in [7, 11) is 0. The van der Waals surface area contributed by atoms with Crippen molar-refractivity contribution in [1.82, 2.24) is 0 Å². The number of hydrogen-bond acceptors (Lipinski definition) is 3. The van der Waals surface area contributed by atoms with Crippen LogP contribution in [-0.2, 0) is 14.3 Å². The minimum atomic E-state index is -0.254. The largest absolute Gasteiger partial charge is 0.462 e.